The Labute approximate surface area is 154 Å². The van der Waals surface area contributed by atoms with E-state index in [2.05, 4.69) is 4.90 Å². The number of carbonyl (C=O) groups excluding carboxylic acids is 1. The van der Waals surface area contributed by atoms with Crippen LogP contribution in [0.5, 0.6) is 0 Å². The molecule has 2 fully saturated rings. The monoisotopic (exact) mass is 366 g/mol. The number of likely N-dealkylation sites (tertiary alicyclic amines) is 2. The Kier molecular flexibility index (Phi) is 6.59. The molecule has 0 saturated carbocycles. The molecule has 2 aliphatic rings. The number of hydrogen-bond acceptors (Lipinski definition) is 3. The highest BCUT2D eigenvalue weighted by Gasteiger charge is 2.48. The van der Waals surface area contributed by atoms with E-state index >= 15 is 0 Å². The van der Waals surface area contributed by atoms with Crippen LogP contribution >= 0.6 is 0 Å². The van der Waals surface area contributed by atoms with Gasteiger partial charge in [-0.1, -0.05) is 12.1 Å². The summed E-state index contributed by atoms with van der Waals surface area (Å²) in [7, 11) is 1.52. The van der Waals surface area contributed by atoms with Crippen molar-refractivity contribution in [3.05, 3.63) is 35.6 Å². The Bertz CT molecular complexity index is 613. The molecule has 0 radical (unpaired) electrons. The quantitative estimate of drug-likeness (QED) is 0.663. The number of hydrogen-bond donors (Lipinski definition) is 0. The molecule has 0 aromatic heterocycles. The van der Waals surface area contributed by atoms with Crippen molar-refractivity contribution in [2.45, 2.75) is 25.3 Å². The van der Waals surface area contributed by atoms with Gasteiger partial charge in [0, 0.05) is 32.7 Å². The van der Waals surface area contributed by atoms with Crippen LogP contribution in [0.15, 0.2) is 24.3 Å². The molecule has 6 heteroatoms. The predicted octanol–water partition coefficient (Wildman–Crippen LogP) is 3.04. The number of benzene rings is 1. The van der Waals surface area contributed by atoms with Crippen LogP contribution in [-0.2, 0) is 9.53 Å². The average molecular weight is 366 g/mol. The summed E-state index contributed by atoms with van der Waals surface area (Å²) in [6.07, 6.45) is 2.54. The Balaban J connectivity index is 1.72. The molecule has 2 heterocycles. The second-order valence-electron chi connectivity index (χ2n) is 7.41. The highest BCUT2D eigenvalue weighted by atomic mass is 19.1. The molecule has 4 nitrogen and oxygen atoms in total. The van der Waals surface area contributed by atoms with Gasteiger partial charge in [-0.15, -0.1) is 0 Å². The van der Waals surface area contributed by atoms with E-state index in [1.54, 1.807) is 12.1 Å². The molecule has 1 aromatic carbocycles. The first-order chi connectivity index (χ1) is 12.6. The summed E-state index contributed by atoms with van der Waals surface area (Å²) in [5, 5.41) is 0. The average Bonchev–Trinajstić information content (AvgIpc) is 3.16. The van der Waals surface area contributed by atoms with E-state index in [9.17, 15) is 13.6 Å². The van der Waals surface area contributed by atoms with Crippen LogP contribution in [0.25, 0.3) is 0 Å². The first kappa shape index (κ1) is 19.2. The number of nitrogens with zero attached hydrogens (tertiary/aromatic N) is 2. The molecular weight excluding hydrogens is 338 g/mol. The highest BCUT2D eigenvalue weighted by molar-refractivity contribution is 5.78. The molecule has 3 rings (SSSR count). The van der Waals surface area contributed by atoms with E-state index in [1.165, 1.54) is 13.2 Å². The Hall–Kier alpha value is -1.53. The number of rotatable bonds is 8. The minimum absolute atomic E-state index is 0.0364. The minimum Gasteiger partial charge on any atom is -0.375 e. The number of carbonyl (C=O) groups is 1. The number of ether oxygens (including phenoxy) is 1. The van der Waals surface area contributed by atoms with E-state index in [4.69, 9.17) is 4.74 Å². The molecule has 2 aliphatic heterocycles. The number of methoxy groups -OCH3 is 1. The van der Waals surface area contributed by atoms with Gasteiger partial charge in [0.25, 0.3) is 0 Å². The number of halogens is 2. The number of fused-ring (bicyclic) bond motifs is 1. The lowest BCUT2D eigenvalue weighted by molar-refractivity contribution is -0.136. The van der Waals surface area contributed by atoms with E-state index in [1.807, 2.05) is 11.0 Å². The first-order valence-corrected chi connectivity index (χ1v) is 9.46. The lowest BCUT2D eigenvalue weighted by atomic mass is 9.89. The van der Waals surface area contributed by atoms with Crippen LogP contribution in [-0.4, -0.2) is 62.3 Å². The third-order valence-electron chi connectivity index (χ3n) is 5.63. The van der Waals surface area contributed by atoms with Gasteiger partial charge in [0.2, 0.25) is 5.91 Å². The molecule has 0 spiro atoms. The predicted molar refractivity (Wildman–Crippen MR) is 96.0 cm³/mol. The maximum atomic E-state index is 13.8. The van der Waals surface area contributed by atoms with Crippen molar-refractivity contribution in [2.75, 3.05) is 46.6 Å². The smallest absolute Gasteiger partial charge is 0.249 e. The van der Waals surface area contributed by atoms with Gasteiger partial charge in [-0.3, -0.25) is 9.18 Å². The maximum absolute atomic E-state index is 13.8. The molecule has 1 aromatic rings. The normalized spacial score (nSPS) is 25.7. The van der Waals surface area contributed by atoms with E-state index < -0.39 is 0 Å². The van der Waals surface area contributed by atoms with Gasteiger partial charge in [0.1, 0.15) is 12.4 Å². The lowest BCUT2D eigenvalue weighted by Gasteiger charge is -2.30. The fraction of sp³-hybridized carbons (Fsp3) is 0.650. The number of amides is 1. The van der Waals surface area contributed by atoms with Crippen LogP contribution in [0.4, 0.5) is 8.78 Å². The third-order valence-corrected chi connectivity index (χ3v) is 5.63. The first-order valence-electron chi connectivity index (χ1n) is 9.46. The van der Waals surface area contributed by atoms with Crippen molar-refractivity contribution in [1.82, 2.24) is 9.80 Å². The van der Waals surface area contributed by atoms with Gasteiger partial charge in [0.15, 0.2) is 0 Å². The van der Waals surface area contributed by atoms with Crippen molar-refractivity contribution in [1.29, 1.82) is 0 Å². The highest BCUT2D eigenvalue weighted by Crippen LogP contribution is 2.45. The SMILES string of the molecule is COCC(=O)N1C[C@H]2CN(CCCCCF)C[C@H]2[C@@H]1c1cccc(F)c1. The summed E-state index contributed by atoms with van der Waals surface area (Å²) >= 11 is 0. The zero-order valence-electron chi connectivity index (χ0n) is 15.4. The van der Waals surface area contributed by atoms with Gasteiger partial charge >= 0.3 is 0 Å². The summed E-state index contributed by atoms with van der Waals surface area (Å²) in [4.78, 5) is 16.8. The van der Waals surface area contributed by atoms with Gasteiger partial charge in [-0.2, -0.15) is 0 Å². The Morgan fingerprint density at radius 1 is 1.23 bits per heavy atom. The molecule has 3 atom stereocenters. The van der Waals surface area contributed by atoms with Gasteiger partial charge in [-0.05, 0) is 49.4 Å². The standard InChI is InChI=1S/C20H28F2N2O2/c1-26-14-19(25)24-12-16-11-23(9-4-2-3-8-21)13-18(16)20(24)15-6-5-7-17(22)10-15/h5-7,10,16,18,20H,2-4,8-9,11-14H2,1H3/t16-,18-,20+/m1/s1. The minimum atomic E-state index is -0.272. The van der Waals surface area contributed by atoms with Crippen molar-refractivity contribution in [3.63, 3.8) is 0 Å². The van der Waals surface area contributed by atoms with Gasteiger partial charge < -0.3 is 14.5 Å². The van der Waals surface area contributed by atoms with Gasteiger partial charge in [-0.25, -0.2) is 4.39 Å². The molecule has 0 N–H and O–H groups in total. The van der Waals surface area contributed by atoms with E-state index in [0.717, 1.165) is 38.0 Å². The van der Waals surface area contributed by atoms with Crippen molar-refractivity contribution in [3.8, 4) is 0 Å². The summed E-state index contributed by atoms with van der Waals surface area (Å²) in [6.45, 7) is 3.31. The lowest BCUT2D eigenvalue weighted by Crippen LogP contribution is -2.37. The zero-order chi connectivity index (χ0) is 18.5. The van der Waals surface area contributed by atoms with Crippen molar-refractivity contribution in [2.24, 2.45) is 11.8 Å². The second-order valence-corrected chi connectivity index (χ2v) is 7.41. The molecule has 0 bridgehead atoms. The summed E-state index contributed by atoms with van der Waals surface area (Å²) < 4.78 is 31.1. The second kappa shape index (κ2) is 8.91. The fourth-order valence-electron chi connectivity index (χ4n) is 4.51. The van der Waals surface area contributed by atoms with Crippen LogP contribution in [0.2, 0.25) is 0 Å². The van der Waals surface area contributed by atoms with E-state index in [-0.39, 0.29) is 31.0 Å². The molecule has 1 amide bonds. The van der Waals surface area contributed by atoms with Crippen LogP contribution in [0.3, 0.4) is 0 Å². The molecule has 26 heavy (non-hydrogen) atoms. The van der Waals surface area contributed by atoms with E-state index in [0.29, 0.717) is 24.8 Å². The van der Waals surface area contributed by atoms with Crippen LogP contribution in [0, 0.1) is 17.7 Å². The molecule has 2 saturated heterocycles. The molecule has 0 unspecified atom stereocenters. The third kappa shape index (κ3) is 4.23. The Morgan fingerprint density at radius 2 is 2.08 bits per heavy atom. The topological polar surface area (TPSA) is 32.8 Å². The van der Waals surface area contributed by atoms with Crippen molar-refractivity contribution < 1.29 is 18.3 Å². The zero-order valence-corrected chi connectivity index (χ0v) is 15.4. The summed E-state index contributed by atoms with van der Waals surface area (Å²) in [5.41, 5.74) is 0.862. The van der Waals surface area contributed by atoms with Crippen LogP contribution < -0.4 is 0 Å². The molecule has 0 aliphatic carbocycles. The number of unbranched alkanes of at least 4 members (excludes halogenated alkanes) is 2. The van der Waals surface area contributed by atoms with Crippen molar-refractivity contribution >= 4 is 5.91 Å². The number of alkyl halides is 1. The maximum Gasteiger partial charge on any atom is 0.249 e. The summed E-state index contributed by atoms with van der Waals surface area (Å²) in [5.74, 6) is 0.390. The summed E-state index contributed by atoms with van der Waals surface area (Å²) in [6, 6.07) is 6.50. The molecule has 144 valence electrons. The fourth-order valence-corrected chi connectivity index (χ4v) is 4.51. The van der Waals surface area contributed by atoms with Gasteiger partial charge in [0.05, 0.1) is 12.7 Å². The molecular formula is C20H28F2N2O2. The largest absolute Gasteiger partial charge is 0.375 e. The van der Waals surface area contributed by atoms with Crippen LogP contribution in [0.1, 0.15) is 30.9 Å². The Morgan fingerprint density at radius 3 is 2.81 bits per heavy atom.